The summed E-state index contributed by atoms with van der Waals surface area (Å²) < 4.78 is 32.3. The van der Waals surface area contributed by atoms with Gasteiger partial charge in [0.25, 0.3) is 15.9 Å². The lowest BCUT2D eigenvalue weighted by atomic mass is 10.2. The van der Waals surface area contributed by atoms with E-state index in [4.69, 9.17) is 11.2 Å². The van der Waals surface area contributed by atoms with E-state index in [-0.39, 0.29) is 17.0 Å². The SMILES string of the molecule is C#CCNC(=O)COC(=O)c1cccc(S(=O)(=O)N2CCc3ccccc32)c1. The second-order valence-electron chi connectivity index (χ2n) is 6.04. The molecule has 2 aromatic carbocycles. The first-order chi connectivity index (χ1) is 13.4. The van der Waals surface area contributed by atoms with Crippen molar-refractivity contribution in [3.05, 3.63) is 59.7 Å². The molecule has 0 unspecified atom stereocenters. The van der Waals surface area contributed by atoms with Gasteiger partial charge in [0, 0.05) is 6.54 Å². The number of carbonyl (C=O) groups excluding carboxylic acids is 2. The summed E-state index contributed by atoms with van der Waals surface area (Å²) >= 11 is 0. The molecule has 0 spiro atoms. The molecule has 1 amide bonds. The zero-order valence-corrected chi connectivity index (χ0v) is 15.7. The second-order valence-corrected chi connectivity index (χ2v) is 7.90. The Kier molecular flexibility index (Phi) is 5.66. The molecule has 7 nitrogen and oxygen atoms in total. The van der Waals surface area contributed by atoms with Crippen LogP contribution in [0.1, 0.15) is 15.9 Å². The number of nitrogens with zero attached hydrogens (tertiary/aromatic N) is 1. The number of amides is 1. The summed E-state index contributed by atoms with van der Waals surface area (Å²) in [6.45, 7) is -0.135. The van der Waals surface area contributed by atoms with Gasteiger partial charge in [-0.3, -0.25) is 9.10 Å². The number of benzene rings is 2. The van der Waals surface area contributed by atoms with Crippen LogP contribution in [0.25, 0.3) is 0 Å². The lowest BCUT2D eigenvalue weighted by molar-refractivity contribution is -0.123. The maximum atomic E-state index is 13.0. The van der Waals surface area contributed by atoms with Crippen molar-refractivity contribution < 1.29 is 22.7 Å². The molecule has 0 radical (unpaired) electrons. The van der Waals surface area contributed by atoms with E-state index in [1.807, 2.05) is 12.1 Å². The van der Waals surface area contributed by atoms with Crippen LogP contribution in [0.3, 0.4) is 0 Å². The number of rotatable bonds is 6. The number of carbonyl (C=O) groups is 2. The third-order valence-corrected chi connectivity index (χ3v) is 6.03. The van der Waals surface area contributed by atoms with Gasteiger partial charge in [0.05, 0.1) is 22.7 Å². The molecule has 0 fully saturated rings. The molecule has 0 saturated heterocycles. The fourth-order valence-electron chi connectivity index (χ4n) is 2.88. The summed E-state index contributed by atoms with van der Waals surface area (Å²) in [7, 11) is -3.83. The largest absolute Gasteiger partial charge is 0.452 e. The number of ether oxygens (including phenoxy) is 1. The molecule has 0 bridgehead atoms. The highest BCUT2D eigenvalue weighted by molar-refractivity contribution is 7.92. The minimum atomic E-state index is -3.83. The van der Waals surface area contributed by atoms with Gasteiger partial charge in [0.2, 0.25) is 0 Å². The predicted octanol–water partition coefficient (Wildman–Crippen LogP) is 1.34. The molecule has 0 aliphatic carbocycles. The molecule has 28 heavy (non-hydrogen) atoms. The number of esters is 1. The number of anilines is 1. The maximum absolute atomic E-state index is 13.0. The van der Waals surface area contributed by atoms with Crippen molar-refractivity contribution in [1.82, 2.24) is 5.32 Å². The van der Waals surface area contributed by atoms with Gasteiger partial charge in [-0.25, -0.2) is 13.2 Å². The minimum Gasteiger partial charge on any atom is -0.452 e. The molecular weight excluding hydrogens is 380 g/mol. The number of hydrogen-bond acceptors (Lipinski definition) is 5. The number of para-hydroxylation sites is 1. The standard InChI is InChI=1S/C20H18N2O5S/c1-2-11-21-19(23)14-27-20(24)16-7-5-8-17(13-16)28(25,26)22-12-10-15-6-3-4-9-18(15)22/h1,3-9,13H,10-12,14H2,(H,21,23). The maximum Gasteiger partial charge on any atom is 0.338 e. The normalized spacial score (nSPS) is 12.8. The van der Waals surface area contributed by atoms with Gasteiger partial charge in [0.15, 0.2) is 6.61 Å². The number of nitrogens with one attached hydrogen (secondary N) is 1. The van der Waals surface area contributed by atoms with Crippen LogP contribution in [0, 0.1) is 12.3 Å². The number of terminal acetylenes is 1. The Balaban J connectivity index is 1.77. The predicted molar refractivity (Wildman–Crippen MR) is 103 cm³/mol. The Hall–Kier alpha value is -3.31. The lowest BCUT2D eigenvalue weighted by Crippen LogP contribution is -2.30. The van der Waals surface area contributed by atoms with E-state index in [2.05, 4.69) is 11.2 Å². The van der Waals surface area contributed by atoms with Crippen molar-refractivity contribution >= 4 is 27.6 Å². The van der Waals surface area contributed by atoms with Gasteiger partial charge < -0.3 is 10.1 Å². The van der Waals surface area contributed by atoms with Crippen LogP contribution in [-0.4, -0.2) is 40.0 Å². The van der Waals surface area contributed by atoms with Crippen molar-refractivity contribution in [3.8, 4) is 12.3 Å². The lowest BCUT2D eigenvalue weighted by Gasteiger charge is -2.19. The number of hydrogen-bond donors (Lipinski definition) is 1. The van der Waals surface area contributed by atoms with Gasteiger partial charge in [-0.1, -0.05) is 30.2 Å². The second kappa shape index (κ2) is 8.15. The van der Waals surface area contributed by atoms with E-state index in [1.54, 1.807) is 12.1 Å². The molecule has 1 aliphatic rings. The fourth-order valence-corrected chi connectivity index (χ4v) is 4.43. The van der Waals surface area contributed by atoms with Crippen LogP contribution in [0.4, 0.5) is 5.69 Å². The Labute approximate surface area is 163 Å². The van der Waals surface area contributed by atoms with E-state index < -0.39 is 28.5 Å². The van der Waals surface area contributed by atoms with Crippen molar-refractivity contribution in [2.45, 2.75) is 11.3 Å². The van der Waals surface area contributed by atoms with Gasteiger partial charge in [-0.15, -0.1) is 6.42 Å². The molecule has 1 heterocycles. The van der Waals surface area contributed by atoms with E-state index in [0.717, 1.165) is 5.56 Å². The van der Waals surface area contributed by atoms with Gasteiger partial charge in [0.1, 0.15) is 0 Å². The van der Waals surface area contributed by atoms with Gasteiger partial charge >= 0.3 is 5.97 Å². The zero-order chi connectivity index (χ0) is 20.1. The Morgan fingerprint density at radius 2 is 1.96 bits per heavy atom. The molecule has 1 aliphatic heterocycles. The fraction of sp³-hybridized carbons (Fsp3) is 0.200. The summed E-state index contributed by atoms with van der Waals surface area (Å²) in [6.07, 6.45) is 5.66. The Morgan fingerprint density at radius 1 is 1.18 bits per heavy atom. The van der Waals surface area contributed by atoms with Crippen LogP contribution < -0.4 is 9.62 Å². The molecule has 0 atom stereocenters. The molecule has 0 saturated carbocycles. The number of fused-ring (bicyclic) bond motifs is 1. The van der Waals surface area contributed by atoms with Crippen molar-refractivity contribution in [2.24, 2.45) is 0 Å². The van der Waals surface area contributed by atoms with Crippen molar-refractivity contribution in [1.29, 1.82) is 0 Å². The first-order valence-corrected chi connectivity index (χ1v) is 9.95. The van der Waals surface area contributed by atoms with E-state index >= 15 is 0 Å². The molecule has 0 aromatic heterocycles. The zero-order valence-electron chi connectivity index (χ0n) is 14.9. The average Bonchev–Trinajstić information content (AvgIpc) is 3.15. The summed E-state index contributed by atoms with van der Waals surface area (Å²) in [5.74, 6) is 0.897. The third kappa shape index (κ3) is 4.00. The molecule has 3 rings (SSSR count). The minimum absolute atomic E-state index is 0.0181. The first kappa shape index (κ1) is 19.5. The molecular formula is C20H18N2O5S. The number of sulfonamides is 1. The van der Waals surface area contributed by atoms with Crippen LogP contribution in [0.15, 0.2) is 53.4 Å². The van der Waals surface area contributed by atoms with Crippen LogP contribution in [-0.2, 0) is 26.0 Å². The smallest absolute Gasteiger partial charge is 0.338 e. The Morgan fingerprint density at radius 3 is 2.75 bits per heavy atom. The third-order valence-electron chi connectivity index (χ3n) is 4.22. The molecule has 8 heteroatoms. The topological polar surface area (TPSA) is 92.8 Å². The molecule has 1 N–H and O–H groups in total. The van der Waals surface area contributed by atoms with Crippen LogP contribution in [0.2, 0.25) is 0 Å². The van der Waals surface area contributed by atoms with Crippen molar-refractivity contribution in [2.75, 3.05) is 24.0 Å². The molecule has 2 aromatic rings. The highest BCUT2D eigenvalue weighted by Gasteiger charge is 2.31. The van der Waals surface area contributed by atoms with Crippen LogP contribution in [0.5, 0.6) is 0 Å². The van der Waals surface area contributed by atoms with E-state index in [0.29, 0.717) is 18.7 Å². The van der Waals surface area contributed by atoms with Gasteiger partial charge in [-0.2, -0.15) is 0 Å². The van der Waals surface area contributed by atoms with Crippen LogP contribution >= 0.6 is 0 Å². The summed E-state index contributed by atoms with van der Waals surface area (Å²) in [5, 5.41) is 2.37. The van der Waals surface area contributed by atoms with E-state index in [1.165, 1.54) is 28.6 Å². The monoisotopic (exact) mass is 398 g/mol. The summed E-state index contributed by atoms with van der Waals surface area (Å²) in [6, 6.07) is 12.9. The highest BCUT2D eigenvalue weighted by atomic mass is 32.2. The quantitative estimate of drug-likeness (QED) is 0.586. The van der Waals surface area contributed by atoms with Crippen molar-refractivity contribution in [3.63, 3.8) is 0 Å². The van der Waals surface area contributed by atoms with Gasteiger partial charge in [-0.05, 0) is 36.2 Å². The summed E-state index contributed by atoms with van der Waals surface area (Å²) in [5.41, 5.74) is 1.64. The Bertz CT molecular complexity index is 1060. The molecule has 144 valence electrons. The average molecular weight is 398 g/mol. The highest BCUT2D eigenvalue weighted by Crippen LogP contribution is 2.32. The van der Waals surface area contributed by atoms with E-state index in [9.17, 15) is 18.0 Å². The first-order valence-electron chi connectivity index (χ1n) is 8.51. The summed E-state index contributed by atoms with van der Waals surface area (Å²) in [4.78, 5) is 23.6.